The van der Waals surface area contributed by atoms with Gasteiger partial charge in [-0.3, -0.25) is 9.69 Å². The van der Waals surface area contributed by atoms with Crippen LogP contribution in [0.25, 0.3) is 0 Å². The Morgan fingerprint density at radius 2 is 1.87 bits per heavy atom. The van der Waals surface area contributed by atoms with Crippen LogP contribution in [0, 0.1) is 10.5 Å². The Morgan fingerprint density at radius 3 is 2.61 bits per heavy atom. The Bertz CT molecular complexity index is 661. The van der Waals surface area contributed by atoms with E-state index in [9.17, 15) is 4.79 Å². The third-order valence-electron chi connectivity index (χ3n) is 3.39. The zero-order valence-electron chi connectivity index (χ0n) is 13.4. The van der Waals surface area contributed by atoms with E-state index in [-0.39, 0.29) is 5.91 Å². The second kappa shape index (κ2) is 8.88. The van der Waals surface area contributed by atoms with Crippen molar-refractivity contribution in [1.29, 1.82) is 0 Å². The van der Waals surface area contributed by atoms with Crippen LogP contribution in [0.2, 0.25) is 0 Å². The molecule has 0 spiro atoms. The number of anilines is 1. The molecule has 1 N–H and O–H groups in total. The molecule has 0 aromatic heterocycles. The number of rotatable bonds is 7. The van der Waals surface area contributed by atoms with Crippen molar-refractivity contribution in [2.24, 2.45) is 0 Å². The van der Waals surface area contributed by atoms with Gasteiger partial charge in [-0.15, -0.1) is 0 Å². The first-order valence-corrected chi connectivity index (χ1v) is 8.55. The lowest BCUT2D eigenvalue weighted by Crippen LogP contribution is -2.33. The number of nitrogens with one attached hydrogen (secondary N) is 1. The van der Waals surface area contributed by atoms with Gasteiger partial charge in [0.15, 0.2) is 0 Å². The molecule has 2 rings (SSSR count). The molecule has 0 aliphatic carbocycles. The van der Waals surface area contributed by atoms with Crippen LogP contribution in [-0.2, 0) is 4.79 Å². The number of ether oxygens (including phenoxy) is 1. The number of halogens is 1. The standard InChI is InChI=1S/C18H21IN2O2/c1-14-7-3-6-10-17(14)23-12-11-21(2)13-18(22)20-16-9-5-4-8-15(16)19/h3-10H,11-13H2,1-2H3,(H,20,22). The zero-order valence-corrected chi connectivity index (χ0v) is 15.5. The summed E-state index contributed by atoms with van der Waals surface area (Å²) in [5.41, 5.74) is 1.97. The van der Waals surface area contributed by atoms with Gasteiger partial charge in [0.25, 0.3) is 0 Å². The zero-order chi connectivity index (χ0) is 16.7. The van der Waals surface area contributed by atoms with Gasteiger partial charge in [-0.1, -0.05) is 30.3 Å². The van der Waals surface area contributed by atoms with E-state index in [4.69, 9.17) is 4.74 Å². The van der Waals surface area contributed by atoms with Crippen LogP contribution < -0.4 is 10.1 Å². The summed E-state index contributed by atoms with van der Waals surface area (Å²) in [6.07, 6.45) is 0. The fourth-order valence-electron chi connectivity index (χ4n) is 2.11. The van der Waals surface area contributed by atoms with E-state index in [1.54, 1.807) is 0 Å². The summed E-state index contributed by atoms with van der Waals surface area (Å²) < 4.78 is 6.78. The molecule has 5 heteroatoms. The van der Waals surface area contributed by atoms with E-state index in [0.29, 0.717) is 19.7 Å². The van der Waals surface area contributed by atoms with Crippen LogP contribution in [0.5, 0.6) is 5.75 Å². The van der Waals surface area contributed by atoms with Gasteiger partial charge in [0, 0.05) is 10.1 Å². The molecule has 0 heterocycles. The predicted octanol–water partition coefficient (Wildman–Crippen LogP) is 3.55. The lowest BCUT2D eigenvalue weighted by Gasteiger charge is -2.17. The smallest absolute Gasteiger partial charge is 0.238 e. The Balaban J connectivity index is 1.74. The number of nitrogens with zero attached hydrogens (tertiary/aromatic N) is 1. The third-order valence-corrected chi connectivity index (χ3v) is 4.33. The highest BCUT2D eigenvalue weighted by molar-refractivity contribution is 14.1. The number of likely N-dealkylation sites (N-methyl/N-ethyl adjacent to an activating group) is 1. The fourth-order valence-corrected chi connectivity index (χ4v) is 2.63. The monoisotopic (exact) mass is 424 g/mol. The first-order chi connectivity index (χ1) is 11.1. The number of hydrogen-bond acceptors (Lipinski definition) is 3. The van der Waals surface area contributed by atoms with E-state index in [2.05, 4.69) is 27.9 Å². The lowest BCUT2D eigenvalue weighted by atomic mass is 10.2. The van der Waals surface area contributed by atoms with Gasteiger partial charge in [-0.05, 0) is 60.3 Å². The molecule has 122 valence electrons. The molecule has 0 radical (unpaired) electrons. The van der Waals surface area contributed by atoms with Gasteiger partial charge < -0.3 is 10.1 Å². The normalized spacial score (nSPS) is 10.6. The number of hydrogen-bond donors (Lipinski definition) is 1. The molecule has 2 aromatic carbocycles. The molecule has 0 atom stereocenters. The predicted molar refractivity (Wildman–Crippen MR) is 102 cm³/mol. The highest BCUT2D eigenvalue weighted by Crippen LogP contribution is 2.17. The Morgan fingerprint density at radius 1 is 1.17 bits per heavy atom. The Kier molecular flexibility index (Phi) is 6.85. The summed E-state index contributed by atoms with van der Waals surface area (Å²) in [7, 11) is 1.91. The highest BCUT2D eigenvalue weighted by atomic mass is 127. The molecule has 2 aromatic rings. The van der Waals surface area contributed by atoms with Crippen molar-refractivity contribution >= 4 is 34.2 Å². The maximum atomic E-state index is 12.1. The minimum absolute atomic E-state index is 0.0208. The third kappa shape index (κ3) is 5.84. The molecule has 0 unspecified atom stereocenters. The Hall–Kier alpha value is -1.60. The summed E-state index contributed by atoms with van der Waals surface area (Å²) in [4.78, 5) is 14.0. The SMILES string of the molecule is Cc1ccccc1OCCN(C)CC(=O)Nc1ccccc1I. The van der Waals surface area contributed by atoms with Crippen LogP contribution in [0.4, 0.5) is 5.69 Å². The summed E-state index contributed by atoms with van der Waals surface area (Å²) >= 11 is 2.21. The van der Waals surface area contributed by atoms with E-state index in [0.717, 1.165) is 20.6 Å². The van der Waals surface area contributed by atoms with Crippen molar-refractivity contribution in [3.05, 3.63) is 57.7 Å². The number of aryl methyl sites for hydroxylation is 1. The van der Waals surface area contributed by atoms with Crippen molar-refractivity contribution in [2.45, 2.75) is 6.92 Å². The average molecular weight is 424 g/mol. The number of benzene rings is 2. The lowest BCUT2D eigenvalue weighted by molar-refractivity contribution is -0.117. The number of para-hydroxylation sites is 2. The van der Waals surface area contributed by atoms with Gasteiger partial charge in [-0.2, -0.15) is 0 Å². The van der Waals surface area contributed by atoms with E-state index < -0.39 is 0 Å². The average Bonchev–Trinajstić information content (AvgIpc) is 2.51. The molecule has 0 saturated heterocycles. The van der Waals surface area contributed by atoms with Crippen LogP contribution in [0.1, 0.15) is 5.56 Å². The number of carbonyl (C=O) groups is 1. The van der Waals surface area contributed by atoms with E-state index in [1.165, 1.54) is 0 Å². The first-order valence-electron chi connectivity index (χ1n) is 7.47. The minimum Gasteiger partial charge on any atom is -0.492 e. The largest absolute Gasteiger partial charge is 0.492 e. The first kappa shape index (κ1) is 17.7. The van der Waals surface area contributed by atoms with Crippen LogP contribution in [-0.4, -0.2) is 37.6 Å². The maximum Gasteiger partial charge on any atom is 0.238 e. The molecule has 0 fully saturated rings. The fraction of sp³-hybridized carbons (Fsp3) is 0.278. The van der Waals surface area contributed by atoms with Crippen molar-refractivity contribution < 1.29 is 9.53 Å². The van der Waals surface area contributed by atoms with Gasteiger partial charge >= 0.3 is 0 Å². The molecule has 1 amide bonds. The maximum absolute atomic E-state index is 12.1. The summed E-state index contributed by atoms with van der Waals surface area (Å²) in [6, 6.07) is 15.7. The quantitative estimate of drug-likeness (QED) is 0.692. The second-order valence-electron chi connectivity index (χ2n) is 5.38. The summed E-state index contributed by atoms with van der Waals surface area (Å²) in [5.74, 6) is 0.872. The van der Waals surface area contributed by atoms with Gasteiger partial charge in [0.05, 0.1) is 12.2 Å². The van der Waals surface area contributed by atoms with Crippen molar-refractivity contribution in [2.75, 3.05) is 32.1 Å². The molecule has 0 bridgehead atoms. The van der Waals surface area contributed by atoms with Gasteiger partial charge in [-0.25, -0.2) is 0 Å². The van der Waals surface area contributed by atoms with Crippen molar-refractivity contribution in [3.63, 3.8) is 0 Å². The molecule has 23 heavy (non-hydrogen) atoms. The highest BCUT2D eigenvalue weighted by Gasteiger charge is 2.08. The number of amides is 1. The van der Waals surface area contributed by atoms with Crippen molar-refractivity contribution in [3.8, 4) is 5.75 Å². The molecule has 0 aliphatic rings. The second-order valence-corrected chi connectivity index (χ2v) is 6.54. The molecule has 0 aliphatic heterocycles. The molecule has 4 nitrogen and oxygen atoms in total. The van der Waals surface area contributed by atoms with Gasteiger partial charge in [0.1, 0.15) is 12.4 Å². The minimum atomic E-state index is -0.0208. The summed E-state index contributed by atoms with van der Waals surface area (Å²) in [5, 5.41) is 2.93. The number of carbonyl (C=O) groups excluding carboxylic acids is 1. The summed E-state index contributed by atoms with van der Waals surface area (Å²) in [6.45, 7) is 3.60. The molecular weight excluding hydrogens is 403 g/mol. The van der Waals surface area contributed by atoms with E-state index >= 15 is 0 Å². The topological polar surface area (TPSA) is 41.6 Å². The molecule has 0 saturated carbocycles. The Labute approximate surface area is 151 Å². The van der Waals surface area contributed by atoms with Gasteiger partial charge in [0.2, 0.25) is 5.91 Å². The van der Waals surface area contributed by atoms with E-state index in [1.807, 2.05) is 67.4 Å². The molecular formula is C18H21IN2O2. The van der Waals surface area contributed by atoms with Crippen LogP contribution in [0.3, 0.4) is 0 Å². The van der Waals surface area contributed by atoms with Crippen molar-refractivity contribution in [1.82, 2.24) is 4.90 Å². The van der Waals surface area contributed by atoms with Crippen LogP contribution >= 0.6 is 22.6 Å². The van der Waals surface area contributed by atoms with Crippen LogP contribution in [0.15, 0.2) is 48.5 Å².